The van der Waals surface area contributed by atoms with E-state index in [0.29, 0.717) is 12.5 Å². The van der Waals surface area contributed by atoms with Crippen LogP contribution in [0, 0.1) is 5.92 Å². The van der Waals surface area contributed by atoms with Crippen molar-refractivity contribution in [2.24, 2.45) is 5.92 Å². The first-order valence-corrected chi connectivity index (χ1v) is 10.5. The second-order valence-corrected chi connectivity index (χ2v) is 7.85. The van der Waals surface area contributed by atoms with E-state index in [2.05, 4.69) is 11.1 Å². The Kier molecular flexibility index (Phi) is 5.55. The Balaban J connectivity index is 1.44. The number of nitrogens with zero attached hydrogens (tertiary/aromatic N) is 2. The number of rotatable bonds is 3. The van der Waals surface area contributed by atoms with Gasteiger partial charge in [0.1, 0.15) is 0 Å². The summed E-state index contributed by atoms with van der Waals surface area (Å²) in [6.45, 7) is 3.83. The third-order valence-electron chi connectivity index (χ3n) is 6.14. The lowest BCUT2D eigenvalue weighted by atomic mass is 9.88. The number of imidazole rings is 1. The molecule has 1 aromatic heterocycles. The summed E-state index contributed by atoms with van der Waals surface area (Å²) < 4.78 is 7.09. The van der Waals surface area contributed by atoms with E-state index in [4.69, 9.17) is 4.74 Å². The molecule has 1 saturated heterocycles. The first-order valence-electron chi connectivity index (χ1n) is 10.5. The number of ether oxygens (including phenoxy) is 1. The summed E-state index contributed by atoms with van der Waals surface area (Å²) in [5, 5.41) is 0. The Hall–Kier alpha value is -2.50. The lowest BCUT2D eigenvalue weighted by molar-refractivity contribution is 0.115. The molecule has 2 unspecified atom stereocenters. The van der Waals surface area contributed by atoms with Gasteiger partial charge in [-0.15, -0.1) is 0 Å². The molecule has 2 aromatic rings. The first kappa shape index (κ1) is 18.8. The van der Waals surface area contributed by atoms with Crippen molar-refractivity contribution in [2.45, 2.75) is 51.5 Å². The van der Waals surface area contributed by atoms with Crippen LogP contribution in [0.5, 0.6) is 0 Å². The average Bonchev–Trinajstić information content (AvgIpc) is 3.27. The van der Waals surface area contributed by atoms with Gasteiger partial charge in [-0.1, -0.05) is 23.8 Å². The standard InChI is InChI=1S/C22H29N3O3/c1-2-28-22(27)24-14-13-17(15-24)16-7-5-9-18(10-6-8-16)25-20-12-4-3-11-19(20)23-21(25)26/h3-4,7,11-12,17-18H,2,5-6,8-10,13-15H2,1H3,(H,23,26)/b16-7-. The average molecular weight is 383 g/mol. The maximum atomic E-state index is 12.5. The van der Waals surface area contributed by atoms with Gasteiger partial charge in [-0.3, -0.25) is 4.57 Å². The summed E-state index contributed by atoms with van der Waals surface area (Å²) in [6, 6.07) is 8.17. The number of hydrogen-bond acceptors (Lipinski definition) is 3. The van der Waals surface area contributed by atoms with E-state index in [1.807, 2.05) is 40.7 Å². The lowest BCUT2D eigenvalue weighted by Gasteiger charge is -2.23. The highest BCUT2D eigenvalue weighted by atomic mass is 16.6. The largest absolute Gasteiger partial charge is 0.450 e. The van der Waals surface area contributed by atoms with Crippen molar-refractivity contribution >= 4 is 17.1 Å². The van der Waals surface area contributed by atoms with Crippen LogP contribution >= 0.6 is 0 Å². The van der Waals surface area contributed by atoms with Crippen LogP contribution in [0.3, 0.4) is 0 Å². The molecule has 2 heterocycles. The number of amides is 1. The monoisotopic (exact) mass is 383 g/mol. The number of nitrogens with one attached hydrogen (secondary N) is 1. The Morgan fingerprint density at radius 2 is 2.11 bits per heavy atom. The molecule has 1 N–H and O–H groups in total. The quantitative estimate of drug-likeness (QED) is 0.806. The second-order valence-electron chi connectivity index (χ2n) is 7.85. The minimum Gasteiger partial charge on any atom is -0.450 e. The highest BCUT2D eigenvalue weighted by molar-refractivity contribution is 5.75. The molecule has 1 aliphatic heterocycles. The topological polar surface area (TPSA) is 67.3 Å². The maximum absolute atomic E-state index is 12.5. The Morgan fingerprint density at radius 1 is 1.25 bits per heavy atom. The molecule has 1 aromatic carbocycles. The van der Waals surface area contributed by atoms with E-state index >= 15 is 0 Å². The zero-order valence-electron chi connectivity index (χ0n) is 16.5. The summed E-state index contributed by atoms with van der Waals surface area (Å²) >= 11 is 0. The summed E-state index contributed by atoms with van der Waals surface area (Å²) in [7, 11) is 0. The summed E-state index contributed by atoms with van der Waals surface area (Å²) in [5.41, 5.74) is 3.40. The van der Waals surface area contributed by atoms with Gasteiger partial charge in [0.2, 0.25) is 0 Å². The number of fused-ring (bicyclic) bond motifs is 1. The Morgan fingerprint density at radius 3 is 2.96 bits per heavy atom. The third-order valence-corrected chi connectivity index (χ3v) is 6.14. The molecule has 0 radical (unpaired) electrons. The predicted octanol–water partition coefficient (Wildman–Crippen LogP) is 4.24. The van der Waals surface area contributed by atoms with E-state index in [-0.39, 0.29) is 17.8 Å². The minimum atomic E-state index is -0.185. The van der Waals surface area contributed by atoms with Crippen LogP contribution in [-0.4, -0.2) is 40.2 Å². The number of para-hydroxylation sites is 2. The molecular weight excluding hydrogens is 354 g/mol. The number of carbonyl (C=O) groups is 1. The van der Waals surface area contributed by atoms with Crippen molar-refractivity contribution in [1.29, 1.82) is 0 Å². The molecule has 2 atom stereocenters. The molecule has 0 bridgehead atoms. The Labute approximate surface area is 165 Å². The molecule has 6 heteroatoms. The fraction of sp³-hybridized carbons (Fsp3) is 0.545. The Bertz CT molecular complexity index is 926. The third kappa shape index (κ3) is 3.73. The van der Waals surface area contributed by atoms with E-state index in [0.717, 1.165) is 62.6 Å². The number of hydrogen-bond donors (Lipinski definition) is 1. The van der Waals surface area contributed by atoms with Crippen molar-refractivity contribution in [3.8, 4) is 0 Å². The highest BCUT2D eigenvalue weighted by Gasteiger charge is 2.30. The van der Waals surface area contributed by atoms with Crippen LogP contribution in [0.1, 0.15) is 51.5 Å². The van der Waals surface area contributed by atoms with Gasteiger partial charge in [0, 0.05) is 19.1 Å². The zero-order valence-corrected chi connectivity index (χ0v) is 16.5. The minimum absolute atomic E-state index is 0.00292. The van der Waals surface area contributed by atoms with Crippen LogP contribution in [0.2, 0.25) is 0 Å². The number of carbonyl (C=O) groups excluding carboxylic acids is 1. The second kappa shape index (κ2) is 8.25. The van der Waals surface area contributed by atoms with Crippen molar-refractivity contribution in [3.05, 3.63) is 46.4 Å². The van der Waals surface area contributed by atoms with Gasteiger partial charge in [0.25, 0.3) is 0 Å². The van der Waals surface area contributed by atoms with Crippen LogP contribution < -0.4 is 5.69 Å². The molecular formula is C22H29N3O3. The molecule has 2 aliphatic rings. The number of allylic oxidation sites excluding steroid dienone is 1. The number of aromatic amines is 1. The number of benzene rings is 1. The van der Waals surface area contributed by atoms with Gasteiger partial charge in [-0.25, -0.2) is 9.59 Å². The molecule has 1 fully saturated rings. The SMILES string of the molecule is CCOC(=O)N1CCC(/C2=C\CCC(n3c(=O)[nH]c4ccccc43)CCC2)C1. The normalized spacial score (nSPS) is 25.2. The van der Waals surface area contributed by atoms with Crippen molar-refractivity contribution < 1.29 is 9.53 Å². The van der Waals surface area contributed by atoms with E-state index in [9.17, 15) is 9.59 Å². The van der Waals surface area contributed by atoms with Crippen LogP contribution in [0.15, 0.2) is 40.7 Å². The number of likely N-dealkylation sites (tertiary alicyclic amines) is 1. The van der Waals surface area contributed by atoms with Gasteiger partial charge in [0.05, 0.1) is 17.6 Å². The maximum Gasteiger partial charge on any atom is 0.409 e. The molecule has 1 aliphatic carbocycles. The molecule has 1 amide bonds. The van der Waals surface area contributed by atoms with E-state index in [1.54, 1.807) is 0 Å². The van der Waals surface area contributed by atoms with Crippen LogP contribution in [-0.2, 0) is 4.74 Å². The fourth-order valence-corrected chi connectivity index (χ4v) is 4.76. The van der Waals surface area contributed by atoms with Gasteiger partial charge >= 0.3 is 11.8 Å². The molecule has 6 nitrogen and oxygen atoms in total. The van der Waals surface area contributed by atoms with Crippen molar-refractivity contribution in [3.63, 3.8) is 0 Å². The van der Waals surface area contributed by atoms with Crippen LogP contribution in [0.4, 0.5) is 4.79 Å². The molecule has 28 heavy (non-hydrogen) atoms. The number of H-pyrrole nitrogens is 1. The van der Waals surface area contributed by atoms with Gasteiger partial charge < -0.3 is 14.6 Å². The summed E-state index contributed by atoms with van der Waals surface area (Å²) in [4.78, 5) is 29.3. The summed E-state index contributed by atoms with van der Waals surface area (Å²) in [6.07, 6.45) is 8.28. The number of aromatic nitrogens is 2. The van der Waals surface area contributed by atoms with Gasteiger partial charge in [-0.05, 0) is 63.5 Å². The van der Waals surface area contributed by atoms with E-state index in [1.165, 1.54) is 5.57 Å². The van der Waals surface area contributed by atoms with Crippen LogP contribution in [0.25, 0.3) is 11.0 Å². The molecule has 0 spiro atoms. The predicted molar refractivity (Wildman–Crippen MR) is 109 cm³/mol. The van der Waals surface area contributed by atoms with Gasteiger partial charge in [-0.2, -0.15) is 0 Å². The smallest absolute Gasteiger partial charge is 0.409 e. The molecule has 0 saturated carbocycles. The van der Waals surface area contributed by atoms with Gasteiger partial charge in [0.15, 0.2) is 0 Å². The zero-order chi connectivity index (χ0) is 19.5. The summed E-state index contributed by atoms with van der Waals surface area (Å²) in [5.74, 6) is 0.455. The fourth-order valence-electron chi connectivity index (χ4n) is 4.76. The molecule has 150 valence electrons. The van der Waals surface area contributed by atoms with Crippen molar-refractivity contribution in [1.82, 2.24) is 14.5 Å². The highest BCUT2D eigenvalue weighted by Crippen LogP contribution is 2.33. The van der Waals surface area contributed by atoms with Crippen molar-refractivity contribution in [2.75, 3.05) is 19.7 Å². The molecule has 4 rings (SSSR count). The van der Waals surface area contributed by atoms with E-state index < -0.39 is 0 Å². The lowest BCUT2D eigenvalue weighted by Crippen LogP contribution is -2.29. The first-order chi connectivity index (χ1) is 13.7.